The van der Waals surface area contributed by atoms with E-state index in [1.807, 2.05) is 18.2 Å². The second kappa shape index (κ2) is 12.7. The van der Waals surface area contributed by atoms with Crippen molar-refractivity contribution in [3.63, 3.8) is 0 Å². The standard InChI is InChI=1S/C23H35N3O4Se/c1-23(2,3)30-22(29)24-14-20(27)26-19(16-31-15-17-10-6-4-7-11-17)21(28)25-18-12-8-5-9-13-18/h4,6-7,10-11,18-19H,5,8-9,12-16H2,1-3H3,(H,24,29)(H,25,28)(H,26,27)/t19-/m0/s1. The molecule has 0 aliphatic heterocycles. The van der Waals surface area contributed by atoms with Crippen LogP contribution < -0.4 is 16.0 Å². The molecule has 8 heteroatoms. The molecule has 3 N–H and O–H groups in total. The summed E-state index contributed by atoms with van der Waals surface area (Å²) >= 11 is 0.155. The van der Waals surface area contributed by atoms with Crippen molar-refractivity contribution in [3.05, 3.63) is 35.9 Å². The molecule has 0 aromatic heterocycles. The maximum absolute atomic E-state index is 12.9. The summed E-state index contributed by atoms with van der Waals surface area (Å²) in [4.78, 5) is 37.1. The van der Waals surface area contributed by atoms with Crippen LogP contribution >= 0.6 is 0 Å². The Morgan fingerprint density at radius 3 is 2.42 bits per heavy atom. The Hall–Kier alpha value is -2.05. The number of amides is 3. The molecule has 1 atom stereocenters. The van der Waals surface area contributed by atoms with E-state index in [0.717, 1.165) is 31.0 Å². The van der Waals surface area contributed by atoms with Gasteiger partial charge in [-0.2, -0.15) is 0 Å². The number of benzene rings is 1. The van der Waals surface area contributed by atoms with Crippen LogP contribution in [0.3, 0.4) is 0 Å². The van der Waals surface area contributed by atoms with Gasteiger partial charge in [0, 0.05) is 0 Å². The molecule has 7 nitrogen and oxygen atoms in total. The Bertz CT molecular complexity index is 715. The number of carbonyl (C=O) groups excluding carboxylic acids is 3. The fourth-order valence-electron chi connectivity index (χ4n) is 3.31. The first kappa shape index (κ1) is 25.2. The van der Waals surface area contributed by atoms with Gasteiger partial charge in [0.15, 0.2) is 0 Å². The molecule has 0 radical (unpaired) electrons. The van der Waals surface area contributed by atoms with Crippen molar-refractivity contribution in [3.8, 4) is 0 Å². The molecule has 3 amide bonds. The fraction of sp³-hybridized carbons (Fsp3) is 0.609. The molecule has 0 heterocycles. The van der Waals surface area contributed by atoms with Gasteiger partial charge in [-0.15, -0.1) is 0 Å². The zero-order valence-electron chi connectivity index (χ0n) is 18.7. The summed E-state index contributed by atoms with van der Waals surface area (Å²) in [5.41, 5.74) is 0.593. The van der Waals surface area contributed by atoms with Crippen LogP contribution in [-0.4, -0.2) is 57.1 Å². The van der Waals surface area contributed by atoms with Crippen LogP contribution in [-0.2, 0) is 19.6 Å². The average Bonchev–Trinajstić information content (AvgIpc) is 2.72. The van der Waals surface area contributed by atoms with E-state index in [2.05, 4.69) is 28.1 Å². The Labute approximate surface area is 191 Å². The van der Waals surface area contributed by atoms with E-state index in [9.17, 15) is 14.4 Å². The van der Waals surface area contributed by atoms with Gasteiger partial charge in [-0.1, -0.05) is 0 Å². The number of carbonyl (C=O) groups is 3. The summed E-state index contributed by atoms with van der Waals surface area (Å²) in [5, 5.41) is 9.86. The van der Waals surface area contributed by atoms with Gasteiger partial charge in [-0.25, -0.2) is 0 Å². The number of rotatable bonds is 9. The molecule has 0 unspecified atom stereocenters. The topological polar surface area (TPSA) is 96.5 Å². The summed E-state index contributed by atoms with van der Waals surface area (Å²) in [6, 6.07) is 9.71. The van der Waals surface area contributed by atoms with Crippen molar-refractivity contribution >= 4 is 32.9 Å². The molecule has 1 aliphatic carbocycles. The minimum atomic E-state index is -0.654. The van der Waals surface area contributed by atoms with E-state index in [1.54, 1.807) is 20.8 Å². The Morgan fingerprint density at radius 1 is 1.10 bits per heavy atom. The summed E-state index contributed by atoms with van der Waals surface area (Å²) in [5.74, 6) is -0.530. The van der Waals surface area contributed by atoms with E-state index >= 15 is 0 Å². The number of alkyl carbamates (subject to hydrolysis) is 1. The monoisotopic (exact) mass is 497 g/mol. The van der Waals surface area contributed by atoms with E-state index in [1.165, 1.54) is 12.0 Å². The van der Waals surface area contributed by atoms with Gasteiger partial charge in [0.25, 0.3) is 0 Å². The van der Waals surface area contributed by atoms with E-state index in [0.29, 0.717) is 5.32 Å². The van der Waals surface area contributed by atoms with Crippen molar-refractivity contribution in [2.75, 3.05) is 6.54 Å². The van der Waals surface area contributed by atoms with Gasteiger partial charge in [0.1, 0.15) is 0 Å². The third kappa shape index (κ3) is 10.7. The fourth-order valence-corrected chi connectivity index (χ4v) is 5.44. The van der Waals surface area contributed by atoms with Crippen LogP contribution in [0.2, 0.25) is 5.32 Å². The van der Waals surface area contributed by atoms with Crippen molar-refractivity contribution < 1.29 is 19.1 Å². The van der Waals surface area contributed by atoms with Crippen LogP contribution in [0.1, 0.15) is 58.4 Å². The minimum absolute atomic E-state index is 0.132. The van der Waals surface area contributed by atoms with Crippen molar-refractivity contribution in [2.45, 2.75) is 81.2 Å². The molecule has 1 fully saturated rings. The zero-order chi connectivity index (χ0) is 22.7. The number of nitrogens with one attached hydrogen (secondary N) is 3. The molecule has 31 heavy (non-hydrogen) atoms. The van der Waals surface area contributed by atoms with Crippen LogP contribution in [0.5, 0.6) is 0 Å². The van der Waals surface area contributed by atoms with Gasteiger partial charge >= 0.3 is 192 Å². The first-order valence-electron chi connectivity index (χ1n) is 10.9. The molecule has 0 saturated heterocycles. The van der Waals surface area contributed by atoms with Crippen molar-refractivity contribution in [1.82, 2.24) is 16.0 Å². The summed E-state index contributed by atoms with van der Waals surface area (Å²) in [6.07, 6.45) is 4.78. The van der Waals surface area contributed by atoms with E-state index < -0.39 is 23.6 Å². The van der Waals surface area contributed by atoms with Crippen LogP contribution in [0.25, 0.3) is 0 Å². The zero-order valence-corrected chi connectivity index (χ0v) is 20.5. The molecule has 1 aromatic carbocycles. The molecule has 172 valence electrons. The van der Waals surface area contributed by atoms with Crippen molar-refractivity contribution in [2.24, 2.45) is 0 Å². The predicted octanol–water partition coefficient (Wildman–Crippen LogP) is 2.77. The molecule has 1 saturated carbocycles. The first-order valence-corrected chi connectivity index (χ1v) is 13.3. The Kier molecular flexibility index (Phi) is 10.3. The SMILES string of the molecule is CC(C)(C)OC(=O)NCC(=O)N[C@@H](C[Se]Cc1ccccc1)C(=O)NC1CCCCC1. The number of hydrogen-bond donors (Lipinski definition) is 3. The van der Waals surface area contributed by atoms with Gasteiger partial charge in [-0.05, 0) is 0 Å². The Balaban J connectivity index is 1.87. The third-order valence-corrected chi connectivity index (χ3v) is 7.11. The molecular weight excluding hydrogens is 461 g/mol. The average molecular weight is 497 g/mol. The molecule has 0 bridgehead atoms. The van der Waals surface area contributed by atoms with Gasteiger partial charge in [0.2, 0.25) is 0 Å². The summed E-state index contributed by atoms with van der Waals surface area (Å²) in [6.45, 7) is 5.04. The number of ether oxygens (including phenoxy) is 1. The van der Waals surface area contributed by atoms with Gasteiger partial charge in [0.05, 0.1) is 0 Å². The van der Waals surface area contributed by atoms with Crippen LogP contribution in [0, 0.1) is 0 Å². The first-order chi connectivity index (χ1) is 14.7. The Morgan fingerprint density at radius 2 is 1.77 bits per heavy atom. The number of hydrogen-bond acceptors (Lipinski definition) is 4. The maximum atomic E-state index is 12.9. The predicted molar refractivity (Wildman–Crippen MR) is 122 cm³/mol. The molecular formula is C23H35N3O4Se. The quantitative estimate of drug-likeness (QED) is 0.458. The molecule has 1 aliphatic rings. The molecule has 2 rings (SSSR count). The second-order valence-electron chi connectivity index (χ2n) is 8.82. The van der Waals surface area contributed by atoms with E-state index in [-0.39, 0.29) is 33.5 Å². The second-order valence-corrected chi connectivity index (χ2v) is 11.0. The third-order valence-electron chi connectivity index (χ3n) is 4.79. The van der Waals surface area contributed by atoms with Gasteiger partial charge in [-0.3, -0.25) is 0 Å². The van der Waals surface area contributed by atoms with Gasteiger partial charge < -0.3 is 0 Å². The summed E-state index contributed by atoms with van der Waals surface area (Å²) < 4.78 is 5.15. The molecule has 0 spiro atoms. The molecule has 1 aromatic rings. The van der Waals surface area contributed by atoms with E-state index in [4.69, 9.17) is 4.74 Å². The van der Waals surface area contributed by atoms with Crippen LogP contribution in [0.15, 0.2) is 30.3 Å². The normalized spacial score (nSPS) is 15.6. The summed E-state index contributed by atoms with van der Waals surface area (Å²) in [7, 11) is 0. The van der Waals surface area contributed by atoms with Crippen LogP contribution in [0.4, 0.5) is 4.79 Å². The van der Waals surface area contributed by atoms with Crippen molar-refractivity contribution in [1.29, 1.82) is 0 Å².